The van der Waals surface area contributed by atoms with Crippen LogP contribution in [0.3, 0.4) is 0 Å². The lowest BCUT2D eigenvalue weighted by Gasteiger charge is -2.31. The van der Waals surface area contributed by atoms with Crippen LogP contribution in [0, 0.1) is 0 Å². The minimum Gasteiger partial charge on any atom is -0.508 e. The number of Topliss-reactive ketones (excluding diaryl/α,β-unsaturated/α-hetero) is 1. The van der Waals surface area contributed by atoms with Crippen molar-refractivity contribution in [3.8, 4) is 28.7 Å². The average molecular weight is 424 g/mol. The smallest absolute Gasteiger partial charge is 0.174 e. The summed E-state index contributed by atoms with van der Waals surface area (Å²) >= 11 is 0. The van der Waals surface area contributed by atoms with Gasteiger partial charge in [0.25, 0.3) is 0 Å². The third-order valence-corrected chi connectivity index (χ3v) is 5.46. The van der Waals surface area contributed by atoms with E-state index in [-0.39, 0.29) is 46.7 Å². The van der Waals surface area contributed by atoms with Gasteiger partial charge in [0.15, 0.2) is 5.78 Å². The monoisotopic (exact) mass is 424 g/mol. The van der Waals surface area contributed by atoms with Crippen molar-refractivity contribution in [1.82, 2.24) is 0 Å². The molecule has 0 spiro atoms. The first-order chi connectivity index (χ1) is 14.6. The number of hydrogen-bond acceptors (Lipinski definition) is 6. The normalized spacial score (nSPS) is 16.1. The number of fused-ring (bicyclic) bond motifs is 1. The number of allylic oxidation sites excluding steroid dienone is 3. The van der Waals surface area contributed by atoms with Gasteiger partial charge < -0.3 is 24.8 Å². The summed E-state index contributed by atoms with van der Waals surface area (Å²) in [6.45, 7) is 9.88. The number of phenolic OH excluding ortho intramolecular Hbond substituents is 3. The van der Waals surface area contributed by atoms with Crippen LogP contribution in [0.2, 0.25) is 0 Å². The molecule has 31 heavy (non-hydrogen) atoms. The van der Waals surface area contributed by atoms with E-state index in [1.54, 1.807) is 6.07 Å². The maximum atomic E-state index is 13.0. The second-order valence-electron chi connectivity index (χ2n) is 8.11. The number of methoxy groups -OCH3 is 1. The summed E-state index contributed by atoms with van der Waals surface area (Å²) in [6, 6.07) is 5.77. The van der Waals surface area contributed by atoms with Gasteiger partial charge in [-0.2, -0.15) is 0 Å². The standard InChI is InChI=1S/C25H28O6/c1-13(2)6-8-16(14(3)4)23-18(27)11-19(28)24-20(29)12-22(31-25(23)24)17-9-7-15(26)10-21(17)30-5/h6-7,9-11,16,22,26-28H,3,8,12H2,1-2,4-5H3. The highest BCUT2D eigenvalue weighted by atomic mass is 16.5. The van der Waals surface area contributed by atoms with Gasteiger partial charge in [-0.05, 0) is 39.3 Å². The summed E-state index contributed by atoms with van der Waals surface area (Å²) in [7, 11) is 1.47. The lowest BCUT2D eigenvalue weighted by molar-refractivity contribution is 0.0838. The van der Waals surface area contributed by atoms with E-state index in [4.69, 9.17) is 9.47 Å². The summed E-state index contributed by atoms with van der Waals surface area (Å²) in [6.07, 6.45) is 1.87. The molecule has 0 radical (unpaired) electrons. The van der Waals surface area contributed by atoms with Crippen LogP contribution in [0.15, 0.2) is 48.1 Å². The van der Waals surface area contributed by atoms with Gasteiger partial charge in [-0.15, -0.1) is 0 Å². The van der Waals surface area contributed by atoms with E-state index in [0.717, 1.165) is 11.1 Å². The van der Waals surface area contributed by atoms with E-state index in [2.05, 4.69) is 6.58 Å². The molecule has 2 atom stereocenters. The molecule has 0 bridgehead atoms. The molecule has 2 aromatic carbocycles. The summed E-state index contributed by atoms with van der Waals surface area (Å²) in [5.41, 5.74) is 2.98. The second-order valence-corrected chi connectivity index (χ2v) is 8.11. The van der Waals surface area contributed by atoms with E-state index in [0.29, 0.717) is 23.3 Å². The van der Waals surface area contributed by atoms with Crippen molar-refractivity contribution in [3.63, 3.8) is 0 Å². The highest BCUT2D eigenvalue weighted by Gasteiger charge is 2.36. The number of hydrogen-bond donors (Lipinski definition) is 3. The SMILES string of the molecule is C=C(C)C(CC=C(C)C)c1c(O)cc(O)c2c1OC(c1ccc(O)cc1OC)CC2=O. The van der Waals surface area contributed by atoms with E-state index in [9.17, 15) is 20.1 Å². The lowest BCUT2D eigenvalue weighted by atomic mass is 9.84. The molecule has 1 heterocycles. The molecule has 0 saturated carbocycles. The minimum absolute atomic E-state index is 0.0163. The first-order valence-corrected chi connectivity index (χ1v) is 10.1. The van der Waals surface area contributed by atoms with Crippen LogP contribution < -0.4 is 9.47 Å². The van der Waals surface area contributed by atoms with Crippen LogP contribution in [0.5, 0.6) is 28.7 Å². The number of phenols is 3. The summed E-state index contributed by atoms with van der Waals surface area (Å²) in [5.74, 6) is -0.515. The van der Waals surface area contributed by atoms with Crippen molar-refractivity contribution in [3.05, 3.63) is 64.8 Å². The van der Waals surface area contributed by atoms with Crippen LogP contribution >= 0.6 is 0 Å². The zero-order valence-corrected chi connectivity index (χ0v) is 18.2. The Hall–Kier alpha value is -3.41. The van der Waals surface area contributed by atoms with Gasteiger partial charge in [0.1, 0.15) is 40.4 Å². The van der Waals surface area contributed by atoms with Crippen molar-refractivity contribution < 1.29 is 29.6 Å². The van der Waals surface area contributed by atoms with Crippen molar-refractivity contribution in [2.75, 3.05) is 7.11 Å². The quantitative estimate of drug-likeness (QED) is 0.527. The maximum absolute atomic E-state index is 13.0. The van der Waals surface area contributed by atoms with Crippen LogP contribution in [-0.4, -0.2) is 28.2 Å². The third-order valence-electron chi connectivity index (χ3n) is 5.46. The van der Waals surface area contributed by atoms with Gasteiger partial charge >= 0.3 is 0 Å². The molecular formula is C25H28O6. The Morgan fingerprint density at radius 1 is 1.23 bits per heavy atom. The predicted molar refractivity (Wildman–Crippen MR) is 118 cm³/mol. The first kappa shape index (κ1) is 22.3. The fraction of sp³-hybridized carbons (Fsp3) is 0.320. The number of aromatic hydroxyl groups is 3. The molecule has 6 nitrogen and oxygen atoms in total. The van der Waals surface area contributed by atoms with Crippen molar-refractivity contribution in [2.45, 2.75) is 45.6 Å². The van der Waals surface area contributed by atoms with Gasteiger partial charge in [0.05, 0.1) is 13.5 Å². The van der Waals surface area contributed by atoms with Crippen LogP contribution in [0.4, 0.5) is 0 Å². The Balaban J connectivity index is 2.17. The van der Waals surface area contributed by atoms with Crippen LogP contribution in [-0.2, 0) is 0 Å². The molecule has 6 heteroatoms. The van der Waals surface area contributed by atoms with Gasteiger partial charge in [-0.3, -0.25) is 4.79 Å². The molecule has 1 aliphatic rings. The third kappa shape index (κ3) is 4.38. The molecule has 0 saturated heterocycles. The Labute approximate surface area is 182 Å². The largest absolute Gasteiger partial charge is 0.508 e. The molecule has 2 unspecified atom stereocenters. The predicted octanol–water partition coefficient (Wildman–Crippen LogP) is 5.53. The Morgan fingerprint density at radius 2 is 1.94 bits per heavy atom. The van der Waals surface area contributed by atoms with Crippen molar-refractivity contribution in [1.29, 1.82) is 0 Å². The highest BCUT2D eigenvalue weighted by Crippen LogP contribution is 2.50. The fourth-order valence-corrected chi connectivity index (χ4v) is 3.89. The molecule has 0 aliphatic carbocycles. The first-order valence-electron chi connectivity index (χ1n) is 10.1. The fourth-order valence-electron chi connectivity index (χ4n) is 3.89. The minimum atomic E-state index is -0.704. The van der Waals surface area contributed by atoms with Crippen molar-refractivity contribution >= 4 is 5.78 Å². The van der Waals surface area contributed by atoms with Crippen LogP contribution in [0.25, 0.3) is 0 Å². The Bertz CT molecular complexity index is 1060. The number of rotatable bonds is 6. The van der Waals surface area contributed by atoms with E-state index < -0.39 is 6.10 Å². The molecular weight excluding hydrogens is 396 g/mol. The summed E-state index contributed by atoms with van der Waals surface area (Å²) in [4.78, 5) is 13.0. The molecule has 0 aromatic heterocycles. The number of ketones is 1. The number of carbonyl (C=O) groups excluding carboxylic acids is 1. The Morgan fingerprint density at radius 3 is 2.55 bits per heavy atom. The highest BCUT2D eigenvalue weighted by molar-refractivity contribution is 6.03. The topological polar surface area (TPSA) is 96.2 Å². The lowest BCUT2D eigenvalue weighted by Crippen LogP contribution is -2.23. The molecule has 0 amide bonds. The van der Waals surface area contributed by atoms with Crippen LogP contribution in [0.1, 0.15) is 67.1 Å². The zero-order chi connectivity index (χ0) is 22.9. The van der Waals surface area contributed by atoms with Gasteiger partial charge in [0, 0.05) is 29.2 Å². The molecule has 3 rings (SSSR count). The zero-order valence-electron chi connectivity index (χ0n) is 18.2. The van der Waals surface area contributed by atoms with Gasteiger partial charge in [0.2, 0.25) is 0 Å². The molecule has 164 valence electrons. The number of ether oxygens (including phenoxy) is 2. The summed E-state index contributed by atoms with van der Waals surface area (Å²) < 4.78 is 11.6. The Kier molecular flexibility index (Phi) is 6.29. The summed E-state index contributed by atoms with van der Waals surface area (Å²) in [5, 5.41) is 30.9. The van der Waals surface area contributed by atoms with E-state index >= 15 is 0 Å². The van der Waals surface area contributed by atoms with Gasteiger partial charge in [-0.25, -0.2) is 0 Å². The molecule has 3 N–H and O–H groups in total. The molecule has 1 aliphatic heterocycles. The maximum Gasteiger partial charge on any atom is 0.174 e. The van der Waals surface area contributed by atoms with Crippen molar-refractivity contribution in [2.24, 2.45) is 0 Å². The van der Waals surface area contributed by atoms with E-state index in [1.807, 2.05) is 26.8 Å². The number of carbonyl (C=O) groups is 1. The second kappa shape index (κ2) is 8.76. The molecule has 0 fully saturated rings. The van der Waals surface area contributed by atoms with Gasteiger partial charge in [-0.1, -0.05) is 23.8 Å². The number of benzene rings is 2. The molecule has 2 aromatic rings. The average Bonchev–Trinajstić information content (AvgIpc) is 2.68. The van der Waals surface area contributed by atoms with E-state index in [1.165, 1.54) is 25.3 Å².